The largest absolute Gasteiger partial charge is 0.375 e. The molecule has 0 bridgehead atoms. The lowest BCUT2D eigenvalue weighted by atomic mass is 9.89. The minimum Gasteiger partial charge on any atom is -0.375 e. The van der Waals surface area contributed by atoms with E-state index >= 15 is 0 Å². The summed E-state index contributed by atoms with van der Waals surface area (Å²) < 4.78 is 5.55. The van der Waals surface area contributed by atoms with Crippen molar-refractivity contribution in [2.24, 2.45) is 5.92 Å². The molecule has 1 fully saturated rings. The highest BCUT2D eigenvalue weighted by molar-refractivity contribution is 5.93. The molecule has 0 radical (unpaired) electrons. The van der Waals surface area contributed by atoms with E-state index in [4.69, 9.17) is 4.74 Å². The maximum atomic E-state index is 10.6. The molecule has 0 aromatic rings. The van der Waals surface area contributed by atoms with Gasteiger partial charge in [-0.15, -0.1) is 0 Å². The molecule has 0 spiro atoms. The van der Waals surface area contributed by atoms with Crippen molar-refractivity contribution in [1.29, 1.82) is 0 Å². The van der Waals surface area contributed by atoms with E-state index in [1.165, 1.54) is 6.92 Å². The van der Waals surface area contributed by atoms with E-state index in [-0.39, 0.29) is 11.4 Å². The van der Waals surface area contributed by atoms with Crippen LogP contribution in [0.1, 0.15) is 33.6 Å². The van der Waals surface area contributed by atoms with Gasteiger partial charge in [0.2, 0.25) is 5.78 Å². The maximum Gasteiger partial charge on any atom is 0.202 e. The lowest BCUT2D eigenvalue weighted by Gasteiger charge is -2.33. The van der Waals surface area contributed by atoms with Crippen LogP contribution in [0.4, 0.5) is 0 Å². The van der Waals surface area contributed by atoms with Crippen molar-refractivity contribution in [3.05, 3.63) is 0 Å². The third kappa shape index (κ3) is 3.61. The van der Waals surface area contributed by atoms with Crippen LogP contribution >= 0.6 is 0 Å². The highest BCUT2D eigenvalue weighted by atomic mass is 16.5. The first-order valence-electron chi connectivity index (χ1n) is 4.66. The van der Waals surface area contributed by atoms with Gasteiger partial charge in [0, 0.05) is 19.4 Å². The summed E-state index contributed by atoms with van der Waals surface area (Å²) in [6, 6.07) is 0. The number of rotatable bonds is 0. The molecule has 1 saturated heterocycles. The van der Waals surface area contributed by atoms with E-state index in [0.29, 0.717) is 5.92 Å². The smallest absolute Gasteiger partial charge is 0.202 e. The monoisotopic (exact) mass is 180 g/mol. The van der Waals surface area contributed by atoms with Gasteiger partial charge >= 0.3 is 0 Å². The standard InChI is InChI=1S/C11H16O2/c1-9(12)4-5-10-6-7-13-11(2,3)8-10/h10H,6-8H2,1-3H3. The van der Waals surface area contributed by atoms with Gasteiger partial charge in [0.05, 0.1) is 5.60 Å². The number of ether oxygens (including phenoxy) is 1. The van der Waals surface area contributed by atoms with Crippen molar-refractivity contribution in [1.82, 2.24) is 0 Å². The molecule has 0 N–H and O–H groups in total. The third-order valence-electron chi connectivity index (χ3n) is 2.15. The van der Waals surface area contributed by atoms with Gasteiger partial charge in [0.15, 0.2) is 0 Å². The molecule has 1 aliphatic heterocycles. The average molecular weight is 180 g/mol. The van der Waals surface area contributed by atoms with Crippen LogP contribution in [-0.4, -0.2) is 18.0 Å². The van der Waals surface area contributed by atoms with Crippen LogP contribution in [0.2, 0.25) is 0 Å². The fraction of sp³-hybridized carbons (Fsp3) is 0.727. The van der Waals surface area contributed by atoms with Gasteiger partial charge in [0.25, 0.3) is 0 Å². The molecule has 0 aliphatic carbocycles. The van der Waals surface area contributed by atoms with Crippen molar-refractivity contribution in [3.8, 4) is 11.8 Å². The van der Waals surface area contributed by atoms with E-state index in [2.05, 4.69) is 25.7 Å². The van der Waals surface area contributed by atoms with Crippen LogP contribution in [0.25, 0.3) is 0 Å². The Balaban J connectivity index is 2.54. The number of carbonyl (C=O) groups excluding carboxylic acids is 1. The van der Waals surface area contributed by atoms with Crippen LogP contribution in [0.15, 0.2) is 0 Å². The summed E-state index contributed by atoms with van der Waals surface area (Å²) in [5.41, 5.74) is -0.0750. The number of hydrogen-bond donors (Lipinski definition) is 0. The Morgan fingerprint density at radius 1 is 1.54 bits per heavy atom. The lowest BCUT2D eigenvalue weighted by molar-refractivity contribution is -0.111. The van der Waals surface area contributed by atoms with Gasteiger partial charge in [-0.25, -0.2) is 0 Å². The van der Waals surface area contributed by atoms with Gasteiger partial charge < -0.3 is 4.74 Å². The van der Waals surface area contributed by atoms with Crippen LogP contribution in [0.3, 0.4) is 0 Å². The van der Waals surface area contributed by atoms with Crippen molar-refractivity contribution in [2.75, 3.05) is 6.61 Å². The van der Waals surface area contributed by atoms with Crippen molar-refractivity contribution < 1.29 is 9.53 Å². The molecule has 2 heteroatoms. The van der Waals surface area contributed by atoms with Gasteiger partial charge in [-0.2, -0.15) is 0 Å². The second kappa shape index (κ2) is 3.93. The first kappa shape index (κ1) is 10.3. The molecule has 0 aromatic heterocycles. The Hall–Kier alpha value is -0.810. The second-order valence-electron chi connectivity index (χ2n) is 4.12. The predicted molar refractivity (Wildman–Crippen MR) is 51.2 cm³/mol. The number of Topliss-reactive ketones (excluding diaryl/α,β-unsaturated/α-hetero) is 1. The van der Waals surface area contributed by atoms with E-state index in [1.54, 1.807) is 0 Å². The van der Waals surface area contributed by atoms with E-state index in [9.17, 15) is 4.79 Å². The Kier molecular flexibility index (Phi) is 3.11. The van der Waals surface area contributed by atoms with Gasteiger partial charge in [-0.05, 0) is 32.6 Å². The second-order valence-corrected chi connectivity index (χ2v) is 4.12. The predicted octanol–water partition coefficient (Wildman–Crippen LogP) is 1.78. The third-order valence-corrected chi connectivity index (χ3v) is 2.15. The van der Waals surface area contributed by atoms with E-state index in [1.807, 2.05) is 0 Å². The summed E-state index contributed by atoms with van der Waals surface area (Å²) >= 11 is 0. The van der Waals surface area contributed by atoms with Crippen molar-refractivity contribution >= 4 is 5.78 Å². The Bertz CT molecular complexity index is 255. The summed E-state index contributed by atoms with van der Waals surface area (Å²) in [4.78, 5) is 10.6. The molecular formula is C11H16O2. The van der Waals surface area contributed by atoms with Gasteiger partial charge in [0.1, 0.15) is 0 Å². The van der Waals surface area contributed by atoms with E-state index in [0.717, 1.165) is 19.4 Å². The zero-order chi connectivity index (χ0) is 9.90. The van der Waals surface area contributed by atoms with Crippen LogP contribution in [0, 0.1) is 17.8 Å². The topological polar surface area (TPSA) is 26.3 Å². The fourth-order valence-electron chi connectivity index (χ4n) is 1.56. The fourth-order valence-corrected chi connectivity index (χ4v) is 1.56. The molecule has 0 aromatic carbocycles. The first-order chi connectivity index (χ1) is 5.99. The normalized spacial score (nSPS) is 25.9. The molecule has 2 nitrogen and oxygen atoms in total. The first-order valence-corrected chi connectivity index (χ1v) is 4.66. The summed E-state index contributed by atoms with van der Waals surface area (Å²) in [5.74, 6) is 5.88. The highest BCUT2D eigenvalue weighted by Gasteiger charge is 2.27. The lowest BCUT2D eigenvalue weighted by Crippen LogP contribution is -2.33. The number of ketones is 1. The van der Waals surface area contributed by atoms with E-state index < -0.39 is 0 Å². The summed E-state index contributed by atoms with van der Waals surface area (Å²) in [6.07, 6.45) is 1.87. The Morgan fingerprint density at radius 2 is 2.23 bits per heavy atom. The van der Waals surface area contributed by atoms with Crippen LogP contribution in [0.5, 0.6) is 0 Å². The average Bonchev–Trinajstić information content (AvgIpc) is 1.99. The zero-order valence-electron chi connectivity index (χ0n) is 8.52. The molecule has 1 atom stereocenters. The van der Waals surface area contributed by atoms with Gasteiger partial charge in [-0.3, -0.25) is 4.79 Å². The Labute approximate surface area is 79.7 Å². The molecular weight excluding hydrogens is 164 g/mol. The van der Waals surface area contributed by atoms with Crippen molar-refractivity contribution in [2.45, 2.75) is 39.2 Å². The SMILES string of the molecule is CC(=O)C#CC1CCOC(C)(C)C1. The summed E-state index contributed by atoms with van der Waals surface area (Å²) in [5, 5.41) is 0. The molecule has 0 saturated carbocycles. The molecule has 0 amide bonds. The molecule has 72 valence electrons. The quantitative estimate of drug-likeness (QED) is 0.419. The maximum absolute atomic E-state index is 10.6. The summed E-state index contributed by atoms with van der Waals surface area (Å²) in [6.45, 7) is 6.38. The number of carbonyl (C=O) groups is 1. The van der Waals surface area contributed by atoms with Gasteiger partial charge in [-0.1, -0.05) is 5.92 Å². The zero-order valence-corrected chi connectivity index (χ0v) is 8.52. The highest BCUT2D eigenvalue weighted by Crippen LogP contribution is 2.27. The Morgan fingerprint density at radius 3 is 2.77 bits per heavy atom. The number of hydrogen-bond acceptors (Lipinski definition) is 2. The molecule has 13 heavy (non-hydrogen) atoms. The van der Waals surface area contributed by atoms with Crippen LogP contribution < -0.4 is 0 Å². The minimum absolute atomic E-state index is 0.0516. The molecule has 1 heterocycles. The molecule has 1 unspecified atom stereocenters. The van der Waals surface area contributed by atoms with Crippen LogP contribution in [-0.2, 0) is 9.53 Å². The molecule has 1 rings (SSSR count). The minimum atomic E-state index is -0.0750. The summed E-state index contributed by atoms with van der Waals surface area (Å²) in [7, 11) is 0. The molecule has 1 aliphatic rings. The van der Waals surface area contributed by atoms with Crippen molar-refractivity contribution in [3.63, 3.8) is 0 Å².